The number of nitrogens with two attached hydrogens (primary N) is 1. The number of benzene rings is 2. The van der Waals surface area contributed by atoms with Gasteiger partial charge in [0.2, 0.25) is 0 Å². The molecule has 0 saturated carbocycles. The van der Waals surface area contributed by atoms with Crippen molar-refractivity contribution in [3.63, 3.8) is 0 Å². The first kappa shape index (κ1) is 14.9. The SMILES string of the molecule is Nc1ccccc1OCC(=O)Nc1ccc(CCO)cc1. The maximum absolute atomic E-state index is 11.8. The summed E-state index contributed by atoms with van der Waals surface area (Å²) in [6.07, 6.45) is 0.602. The molecule has 4 N–H and O–H groups in total. The number of anilines is 2. The van der Waals surface area contributed by atoms with Crippen LogP contribution in [-0.2, 0) is 11.2 Å². The Hall–Kier alpha value is -2.53. The lowest BCUT2D eigenvalue weighted by molar-refractivity contribution is -0.118. The average molecular weight is 286 g/mol. The molecule has 2 aromatic rings. The number of nitrogen functional groups attached to an aromatic ring is 1. The first-order valence-electron chi connectivity index (χ1n) is 6.66. The molecule has 110 valence electrons. The van der Waals surface area contributed by atoms with Gasteiger partial charge in [-0.25, -0.2) is 0 Å². The standard InChI is InChI=1S/C16H18N2O3/c17-14-3-1-2-4-15(14)21-11-16(20)18-13-7-5-12(6-8-13)9-10-19/h1-8,19H,9-11,17H2,(H,18,20). The third-order valence-electron chi connectivity index (χ3n) is 2.92. The number of hydrogen-bond acceptors (Lipinski definition) is 4. The quantitative estimate of drug-likeness (QED) is 0.707. The molecule has 0 aliphatic heterocycles. The third kappa shape index (κ3) is 4.50. The summed E-state index contributed by atoms with van der Waals surface area (Å²) < 4.78 is 5.36. The highest BCUT2D eigenvalue weighted by Crippen LogP contribution is 2.19. The number of hydrogen-bond donors (Lipinski definition) is 3. The van der Waals surface area contributed by atoms with Crippen LogP contribution in [0.2, 0.25) is 0 Å². The Kier molecular flexibility index (Phi) is 5.17. The normalized spacial score (nSPS) is 10.1. The molecule has 0 heterocycles. The summed E-state index contributed by atoms with van der Waals surface area (Å²) in [5.74, 6) is 0.235. The Morgan fingerprint density at radius 2 is 1.86 bits per heavy atom. The fraction of sp³-hybridized carbons (Fsp3) is 0.188. The van der Waals surface area contributed by atoms with E-state index in [1.165, 1.54) is 0 Å². The Morgan fingerprint density at radius 1 is 1.14 bits per heavy atom. The zero-order chi connectivity index (χ0) is 15.1. The maximum atomic E-state index is 11.8. The van der Waals surface area contributed by atoms with E-state index in [0.29, 0.717) is 23.5 Å². The van der Waals surface area contributed by atoms with E-state index < -0.39 is 0 Å². The molecule has 0 unspecified atom stereocenters. The largest absolute Gasteiger partial charge is 0.482 e. The molecule has 0 aliphatic carbocycles. The second kappa shape index (κ2) is 7.31. The molecule has 0 aromatic heterocycles. The molecule has 0 radical (unpaired) electrons. The smallest absolute Gasteiger partial charge is 0.262 e. The Balaban J connectivity index is 1.85. The predicted molar refractivity (Wildman–Crippen MR) is 82.2 cm³/mol. The van der Waals surface area contributed by atoms with Crippen LogP contribution >= 0.6 is 0 Å². The van der Waals surface area contributed by atoms with Crippen LogP contribution in [0.1, 0.15) is 5.56 Å². The molecule has 21 heavy (non-hydrogen) atoms. The van der Waals surface area contributed by atoms with Gasteiger partial charge in [0.25, 0.3) is 5.91 Å². The Labute approximate surface area is 123 Å². The average Bonchev–Trinajstić information content (AvgIpc) is 2.49. The highest BCUT2D eigenvalue weighted by molar-refractivity contribution is 5.91. The number of carbonyl (C=O) groups excluding carboxylic acids is 1. The lowest BCUT2D eigenvalue weighted by Crippen LogP contribution is -2.20. The van der Waals surface area contributed by atoms with Gasteiger partial charge in [0.1, 0.15) is 5.75 Å². The fourth-order valence-corrected chi connectivity index (χ4v) is 1.84. The van der Waals surface area contributed by atoms with Gasteiger partial charge in [-0.1, -0.05) is 24.3 Å². The summed E-state index contributed by atoms with van der Waals surface area (Å²) in [4.78, 5) is 11.8. The number of aliphatic hydroxyl groups excluding tert-OH is 1. The monoisotopic (exact) mass is 286 g/mol. The molecular formula is C16H18N2O3. The van der Waals surface area contributed by atoms with E-state index in [0.717, 1.165) is 5.56 Å². The van der Waals surface area contributed by atoms with E-state index in [-0.39, 0.29) is 19.1 Å². The summed E-state index contributed by atoms with van der Waals surface area (Å²) in [5, 5.41) is 11.6. The van der Waals surface area contributed by atoms with Crippen molar-refractivity contribution in [1.82, 2.24) is 0 Å². The summed E-state index contributed by atoms with van der Waals surface area (Å²) in [5.41, 5.74) is 7.93. The van der Waals surface area contributed by atoms with Crippen LogP contribution in [0.15, 0.2) is 48.5 Å². The Morgan fingerprint density at radius 3 is 2.52 bits per heavy atom. The van der Waals surface area contributed by atoms with Crippen LogP contribution in [-0.4, -0.2) is 24.2 Å². The first-order chi connectivity index (χ1) is 10.2. The van der Waals surface area contributed by atoms with Gasteiger partial charge >= 0.3 is 0 Å². The zero-order valence-corrected chi connectivity index (χ0v) is 11.6. The van der Waals surface area contributed by atoms with E-state index in [9.17, 15) is 4.79 Å². The minimum Gasteiger partial charge on any atom is -0.482 e. The number of carbonyl (C=O) groups is 1. The number of para-hydroxylation sites is 2. The van der Waals surface area contributed by atoms with Crippen molar-refractivity contribution in [2.45, 2.75) is 6.42 Å². The van der Waals surface area contributed by atoms with Gasteiger partial charge < -0.3 is 20.9 Å². The van der Waals surface area contributed by atoms with Gasteiger partial charge in [-0.05, 0) is 36.2 Å². The molecule has 5 nitrogen and oxygen atoms in total. The third-order valence-corrected chi connectivity index (χ3v) is 2.92. The van der Waals surface area contributed by atoms with Gasteiger partial charge in [-0.15, -0.1) is 0 Å². The van der Waals surface area contributed by atoms with E-state index >= 15 is 0 Å². The predicted octanol–water partition coefficient (Wildman–Crippen LogP) is 1.82. The fourth-order valence-electron chi connectivity index (χ4n) is 1.84. The molecule has 0 atom stereocenters. The highest BCUT2D eigenvalue weighted by atomic mass is 16.5. The molecule has 0 aliphatic rings. The molecule has 2 aromatic carbocycles. The van der Waals surface area contributed by atoms with Crippen LogP contribution < -0.4 is 15.8 Å². The van der Waals surface area contributed by atoms with Gasteiger partial charge in [-0.2, -0.15) is 0 Å². The molecule has 1 amide bonds. The molecule has 2 rings (SSSR count). The first-order valence-corrected chi connectivity index (χ1v) is 6.66. The van der Waals surface area contributed by atoms with Gasteiger partial charge in [0.05, 0.1) is 5.69 Å². The van der Waals surface area contributed by atoms with Crippen LogP contribution in [0.4, 0.5) is 11.4 Å². The molecule has 0 bridgehead atoms. The molecule has 5 heteroatoms. The van der Waals surface area contributed by atoms with Crippen molar-refractivity contribution in [1.29, 1.82) is 0 Å². The summed E-state index contributed by atoms with van der Waals surface area (Å²) in [6.45, 7) is 0.00461. The number of ether oxygens (including phenoxy) is 1. The van der Waals surface area contributed by atoms with Crippen molar-refractivity contribution in [3.05, 3.63) is 54.1 Å². The molecule has 0 fully saturated rings. The zero-order valence-electron chi connectivity index (χ0n) is 11.6. The van der Waals surface area contributed by atoms with Crippen molar-refractivity contribution in [2.75, 3.05) is 24.3 Å². The van der Waals surface area contributed by atoms with E-state index in [1.807, 2.05) is 12.1 Å². The lowest BCUT2D eigenvalue weighted by Gasteiger charge is -2.09. The number of amides is 1. The number of nitrogens with one attached hydrogen (secondary N) is 1. The topological polar surface area (TPSA) is 84.6 Å². The second-order valence-electron chi connectivity index (χ2n) is 4.55. The van der Waals surface area contributed by atoms with Crippen LogP contribution in [0, 0.1) is 0 Å². The minimum absolute atomic E-state index is 0.105. The minimum atomic E-state index is -0.256. The number of rotatable bonds is 6. The molecular weight excluding hydrogens is 268 g/mol. The van der Waals surface area contributed by atoms with E-state index in [2.05, 4.69) is 5.32 Å². The van der Waals surface area contributed by atoms with Crippen molar-refractivity contribution < 1.29 is 14.6 Å². The van der Waals surface area contributed by atoms with Crippen LogP contribution in [0.3, 0.4) is 0 Å². The maximum Gasteiger partial charge on any atom is 0.262 e. The summed E-state index contributed by atoms with van der Waals surface area (Å²) >= 11 is 0. The molecule has 0 spiro atoms. The van der Waals surface area contributed by atoms with Crippen LogP contribution in [0.25, 0.3) is 0 Å². The summed E-state index contributed by atoms with van der Waals surface area (Å²) in [7, 11) is 0. The second-order valence-corrected chi connectivity index (χ2v) is 4.55. The lowest BCUT2D eigenvalue weighted by atomic mass is 10.1. The van der Waals surface area contributed by atoms with Crippen LogP contribution in [0.5, 0.6) is 5.75 Å². The van der Waals surface area contributed by atoms with Gasteiger partial charge in [-0.3, -0.25) is 4.79 Å². The highest BCUT2D eigenvalue weighted by Gasteiger charge is 2.05. The van der Waals surface area contributed by atoms with Crippen molar-refractivity contribution in [2.24, 2.45) is 0 Å². The molecule has 0 saturated heterocycles. The van der Waals surface area contributed by atoms with Gasteiger partial charge in [0.15, 0.2) is 6.61 Å². The Bertz CT molecular complexity index is 597. The van der Waals surface area contributed by atoms with Crippen molar-refractivity contribution in [3.8, 4) is 5.75 Å². The summed E-state index contributed by atoms with van der Waals surface area (Å²) in [6, 6.07) is 14.3. The van der Waals surface area contributed by atoms with E-state index in [1.54, 1.807) is 36.4 Å². The number of aliphatic hydroxyl groups is 1. The van der Waals surface area contributed by atoms with Gasteiger partial charge in [0, 0.05) is 12.3 Å². The van der Waals surface area contributed by atoms with E-state index in [4.69, 9.17) is 15.6 Å². The van der Waals surface area contributed by atoms with Crippen molar-refractivity contribution >= 4 is 17.3 Å².